The van der Waals surface area contributed by atoms with Crippen molar-refractivity contribution in [3.05, 3.63) is 53.8 Å². The van der Waals surface area contributed by atoms with Crippen LogP contribution in [0.15, 0.2) is 42.5 Å². The summed E-state index contributed by atoms with van der Waals surface area (Å²) in [5.41, 5.74) is 1.88. The van der Waals surface area contributed by atoms with Gasteiger partial charge in [-0.2, -0.15) is 4.98 Å². The SMILES string of the molecule is COc1ccccc1C(=O)Nc1nnc2c(n1)[nH]c1ccc(F)cc12. The molecule has 7 nitrogen and oxygen atoms in total. The molecule has 2 aromatic heterocycles. The van der Waals surface area contributed by atoms with Crippen molar-refractivity contribution in [2.24, 2.45) is 0 Å². The van der Waals surface area contributed by atoms with Gasteiger partial charge in [-0.25, -0.2) is 4.39 Å². The minimum Gasteiger partial charge on any atom is -0.496 e. The van der Waals surface area contributed by atoms with Crippen LogP contribution in [0, 0.1) is 5.82 Å². The lowest BCUT2D eigenvalue weighted by molar-refractivity contribution is 0.102. The molecule has 0 radical (unpaired) electrons. The van der Waals surface area contributed by atoms with Gasteiger partial charge in [-0.05, 0) is 30.3 Å². The summed E-state index contributed by atoms with van der Waals surface area (Å²) in [4.78, 5) is 19.7. The van der Waals surface area contributed by atoms with Gasteiger partial charge in [0.1, 0.15) is 17.1 Å². The van der Waals surface area contributed by atoms with Crippen molar-refractivity contribution < 1.29 is 13.9 Å². The van der Waals surface area contributed by atoms with Gasteiger partial charge < -0.3 is 9.72 Å². The minimum absolute atomic E-state index is 0.0374. The lowest BCUT2D eigenvalue weighted by atomic mass is 10.2. The number of aromatic amines is 1. The molecule has 2 aromatic carbocycles. The van der Waals surface area contributed by atoms with E-state index in [4.69, 9.17) is 4.74 Å². The average Bonchev–Trinajstić information content (AvgIpc) is 2.98. The number of hydrogen-bond acceptors (Lipinski definition) is 5. The van der Waals surface area contributed by atoms with Crippen LogP contribution >= 0.6 is 0 Å². The number of benzene rings is 2. The monoisotopic (exact) mass is 337 g/mol. The van der Waals surface area contributed by atoms with Crippen molar-refractivity contribution in [2.75, 3.05) is 12.4 Å². The van der Waals surface area contributed by atoms with E-state index in [1.807, 2.05) is 0 Å². The van der Waals surface area contributed by atoms with E-state index in [0.29, 0.717) is 33.4 Å². The quantitative estimate of drug-likeness (QED) is 0.599. The van der Waals surface area contributed by atoms with Gasteiger partial charge in [-0.15, -0.1) is 10.2 Å². The predicted octanol–water partition coefficient (Wildman–Crippen LogP) is 2.91. The molecule has 25 heavy (non-hydrogen) atoms. The molecule has 8 heteroatoms. The van der Waals surface area contributed by atoms with Gasteiger partial charge in [0.2, 0.25) is 0 Å². The highest BCUT2D eigenvalue weighted by Crippen LogP contribution is 2.23. The number of para-hydroxylation sites is 1. The fraction of sp³-hybridized carbons (Fsp3) is 0.0588. The number of hydrogen-bond donors (Lipinski definition) is 2. The summed E-state index contributed by atoms with van der Waals surface area (Å²) in [5, 5.41) is 11.1. The Morgan fingerprint density at radius 2 is 2.04 bits per heavy atom. The van der Waals surface area contributed by atoms with Gasteiger partial charge in [-0.3, -0.25) is 10.1 Å². The van der Waals surface area contributed by atoms with Crippen molar-refractivity contribution in [2.45, 2.75) is 0 Å². The largest absolute Gasteiger partial charge is 0.496 e. The molecule has 0 fully saturated rings. The van der Waals surface area contributed by atoms with Crippen LogP contribution in [0.3, 0.4) is 0 Å². The number of anilines is 1. The molecule has 0 bridgehead atoms. The first kappa shape index (κ1) is 15.0. The molecule has 4 rings (SSSR count). The number of carbonyl (C=O) groups is 1. The zero-order valence-electron chi connectivity index (χ0n) is 13.1. The molecule has 1 amide bonds. The van der Waals surface area contributed by atoms with Gasteiger partial charge in [-0.1, -0.05) is 12.1 Å². The molecule has 4 aromatic rings. The van der Waals surface area contributed by atoms with E-state index >= 15 is 0 Å². The molecule has 0 aliphatic rings. The number of rotatable bonds is 3. The Balaban J connectivity index is 1.70. The lowest BCUT2D eigenvalue weighted by Gasteiger charge is -2.07. The first-order valence-corrected chi connectivity index (χ1v) is 7.42. The minimum atomic E-state index is -0.416. The van der Waals surface area contributed by atoms with Gasteiger partial charge in [0, 0.05) is 10.9 Å². The molecule has 124 valence electrons. The molecular weight excluding hydrogens is 325 g/mol. The Hall–Kier alpha value is -3.55. The summed E-state index contributed by atoms with van der Waals surface area (Å²) < 4.78 is 18.6. The topological polar surface area (TPSA) is 92.8 Å². The second-order valence-electron chi connectivity index (χ2n) is 5.30. The van der Waals surface area contributed by atoms with Crippen LogP contribution in [0.4, 0.5) is 10.3 Å². The first-order chi connectivity index (χ1) is 12.2. The molecular formula is C17H12FN5O2. The number of fused-ring (bicyclic) bond motifs is 3. The predicted molar refractivity (Wildman–Crippen MR) is 90.1 cm³/mol. The number of carbonyl (C=O) groups excluding carboxylic acids is 1. The van der Waals surface area contributed by atoms with Crippen molar-refractivity contribution in [1.82, 2.24) is 20.2 Å². The lowest BCUT2D eigenvalue weighted by Crippen LogP contribution is -2.15. The van der Waals surface area contributed by atoms with Crippen molar-refractivity contribution >= 4 is 33.9 Å². The Morgan fingerprint density at radius 1 is 1.20 bits per heavy atom. The fourth-order valence-corrected chi connectivity index (χ4v) is 2.60. The highest BCUT2D eigenvalue weighted by atomic mass is 19.1. The maximum atomic E-state index is 13.4. The zero-order valence-corrected chi connectivity index (χ0v) is 13.1. The first-order valence-electron chi connectivity index (χ1n) is 7.42. The summed E-state index contributed by atoms with van der Waals surface area (Å²) in [6.07, 6.45) is 0. The molecule has 0 unspecified atom stereocenters. The smallest absolute Gasteiger partial charge is 0.261 e. The number of nitrogens with one attached hydrogen (secondary N) is 2. The third-order valence-electron chi connectivity index (χ3n) is 3.75. The summed E-state index contributed by atoms with van der Waals surface area (Å²) in [7, 11) is 1.49. The molecule has 0 saturated heterocycles. The number of halogens is 1. The Kier molecular flexibility index (Phi) is 3.50. The molecule has 0 saturated carbocycles. The summed E-state index contributed by atoms with van der Waals surface area (Å²) >= 11 is 0. The van der Waals surface area contributed by atoms with E-state index in [-0.39, 0.29) is 11.8 Å². The highest BCUT2D eigenvalue weighted by Gasteiger charge is 2.15. The normalized spacial score (nSPS) is 11.0. The van der Waals surface area contributed by atoms with Gasteiger partial charge in [0.25, 0.3) is 11.9 Å². The standard InChI is InChI=1S/C17H12FN5O2/c1-25-13-5-3-2-4-10(13)16(24)21-17-20-15-14(22-23-17)11-8-9(18)6-7-12(11)19-15/h2-8H,1H3,(H2,19,20,21,23,24). The van der Waals surface area contributed by atoms with E-state index in [0.717, 1.165) is 0 Å². The van der Waals surface area contributed by atoms with Crippen LogP contribution in [0.25, 0.3) is 22.1 Å². The second-order valence-corrected chi connectivity index (χ2v) is 5.30. The van der Waals surface area contributed by atoms with Crippen molar-refractivity contribution in [1.29, 1.82) is 0 Å². The van der Waals surface area contributed by atoms with Gasteiger partial charge in [0.05, 0.1) is 12.7 Å². The van der Waals surface area contributed by atoms with Crippen LogP contribution in [0.5, 0.6) is 5.75 Å². The van der Waals surface area contributed by atoms with E-state index < -0.39 is 5.91 Å². The Labute approximate surface area is 140 Å². The maximum Gasteiger partial charge on any atom is 0.261 e. The number of amides is 1. The van der Waals surface area contributed by atoms with E-state index in [2.05, 4.69) is 25.5 Å². The number of aromatic nitrogens is 4. The Bertz CT molecular complexity index is 1110. The van der Waals surface area contributed by atoms with Crippen molar-refractivity contribution in [3.63, 3.8) is 0 Å². The zero-order chi connectivity index (χ0) is 17.4. The number of nitrogens with zero attached hydrogens (tertiary/aromatic N) is 3. The molecule has 0 atom stereocenters. The van der Waals surface area contributed by atoms with Crippen LogP contribution in [0.1, 0.15) is 10.4 Å². The average molecular weight is 337 g/mol. The summed E-state index contributed by atoms with van der Waals surface area (Å²) in [5.74, 6) is -0.310. The maximum absolute atomic E-state index is 13.4. The van der Waals surface area contributed by atoms with Crippen LogP contribution in [-0.4, -0.2) is 33.2 Å². The fourth-order valence-electron chi connectivity index (χ4n) is 2.60. The van der Waals surface area contributed by atoms with Crippen LogP contribution in [-0.2, 0) is 0 Å². The Morgan fingerprint density at radius 3 is 2.88 bits per heavy atom. The molecule has 0 aliphatic heterocycles. The highest BCUT2D eigenvalue weighted by molar-refractivity contribution is 6.06. The van der Waals surface area contributed by atoms with Gasteiger partial charge >= 0.3 is 0 Å². The summed E-state index contributed by atoms with van der Waals surface area (Å²) in [6.45, 7) is 0. The van der Waals surface area contributed by atoms with Crippen LogP contribution in [0.2, 0.25) is 0 Å². The van der Waals surface area contributed by atoms with E-state index in [1.165, 1.54) is 19.2 Å². The number of ether oxygens (including phenoxy) is 1. The number of methoxy groups -OCH3 is 1. The van der Waals surface area contributed by atoms with Crippen LogP contribution < -0.4 is 10.1 Å². The van der Waals surface area contributed by atoms with E-state index in [1.54, 1.807) is 30.3 Å². The van der Waals surface area contributed by atoms with Crippen molar-refractivity contribution in [3.8, 4) is 5.75 Å². The third-order valence-corrected chi connectivity index (χ3v) is 3.75. The molecule has 0 spiro atoms. The number of H-pyrrole nitrogens is 1. The third kappa shape index (κ3) is 2.63. The molecule has 2 N–H and O–H groups in total. The van der Waals surface area contributed by atoms with E-state index in [9.17, 15) is 9.18 Å². The molecule has 2 heterocycles. The second kappa shape index (κ2) is 5.82. The molecule has 0 aliphatic carbocycles. The van der Waals surface area contributed by atoms with Gasteiger partial charge in [0.15, 0.2) is 5.65 Å². The summed E-state index contributed by atoms with van der Waals surface area (Å²) in [6, 6.07) is 11.1.